The highest BCUT2D eigenvalue weighted by Crippen LogP contribution is 2.04. The van der Waals surface area contributed by atoms with E-state index in [-0.39, 0.29) is 6.10 Å². The van der Waals surface area contributed by atoms with E-state index in [1.54, 1.807) is 33.5 Å². The van der Waals surface area contributed by atoms with Gasteiger partial charge in [-0.2, -0.15) is 0 Å². The zero-order chi connectivity index (χ0) is 12.0. The molecular formula is C6H20O6Si2. The summed E-state index contributed by atoms with van der Waals surface area (Å²) in [6, 6.07) is 0. The van der Waals surface area contributed by atoms with Gasteiger partial charge in [0, 0.05) is 6.10 Å². The normalized spacial score (nSPS) is 12.4. The predicted molar refractivity (Wildman–Crippen MR) is 55.3 cm³/mol. The highest BCUT2D eigenvalue weighted by atomic mass is 28.4. The molecule has 0 aromatic heterocycles. The molecule has 8 heteroatoms. The molecule has 0 saturated carbocycles. The van der Waals surface area contributed by atoms with E-state index in [9.17, 15) is 0 Å². The van der Waals surface area contributed by atoms with Gasteiger partial charge in [-0.1, -0.05) is 0 Å². The van der Waals surface area contributed by atoms with Crippen molar-refractivity contribution in [3.8, 4) is 0 Å². The van der Waals surface area contributed by atoms with Crippen LogP contribution in [-0.2, 0) is 9.15 Å². The Labute approximate surface area is 86.3 Å². The highest BCUT2D eigenvalue weighted by Gasteiger charge is 2.35. The van der Waals surface area contributed by atoms with Crippen LogP contribution >= 0.6 is 0 Å². The zero-order valence-electron chi connectivity index (χ0n) is 9.18. The fourth-order valence-corrected chi connectivity index (χ4v) is 1.63. The Morgan fingerprint density at radius 1 is 0.929 bits per heavy atom. The third-order valence-electron chi connectivity index (χ3n) is 0.403. The summed E-state index contributed by atoms with van der Waals surface area (Å²) in [6.07, 6.45) is -0.167. The van der Waals surface area contributed by atoms with E-state index >= 15 is 0 Å². The fraction of sp³-hybridized carbons (Fsp3) is 1.00. The molecular weight excluding hydrogens is 224 g/mol. The van der Waals surface area contributed by atoms with Crippen molar-refractivity contribution in [1.29, 1.82) is 0 Å². The molecule has 0 aliphatic carbocycles. The van der Waals surface area contributed by atoms with Gasteiger partial charge in [0.1, 0.15) is 0 Å². The highest BCUT2D eigenvalue weighted by molar-refractivity contribution is 6.69. The molecule has 0 rings (SSSR count). The SMILES string of the molecule is CC(C)O.C[Si](C)(C)OO[Si](O)(O)O. The van der Waals surface area contributed by atoms with Gasteiger partial charge in [-0.05, 0) is 33.5 Å². The molecule has 0 radical (unpaired) electrons. The van der Waals surface area contributed by atoms with Crippen LogP contribution in [0.2, 0.25) is 19.6 Å². The molecule has 6 nitrogen and oxygen atoms in total. The van der Waals surface area contributed by atoms with Crippen molar-refractivity contribution in [2.24, 2.45) is 0 Å². The van der Waals surface area contributed by atoms with Gasteiger partial charge in [0.15, 0.2) is 0 Å². The lowest BCUT2D eigenvalue weighted by Crippen LogP contribution is -2.42. The van der Waals surface area contributed by atoms with Gasteiger partial charge in [-0.25, -0.2) is 4.58 Å². The number of aliphatic hydroxyl groups is 1. The first-order valence-electron chi connectivity index (χ1n) is 4.16. The largest absolute Gasteiger partial charge is 0.698 e. The smallest absolute Gasteiger partial charge is 0.394 e. The van der Waals surface area contributed by atoms with Crippen molar-refractivity contribution in [2.75, 3.05) is 0 Å². The van der Waals surface area contributed by atoms with Crippen LogP contribution in [0.15, 0.2) is 0 Å². The quantitative estimate of drug-likeness (QED) is 0.305. The first-order valence-corrected chi connectivity index (χ1v) is 9.32. The molecule has 14 heavy (non-hydrogen) atoms. The molecule has 0 saturated heterocycles. The summed E-state index contributed by atoms with van der Waals surface area (Å²) in [5.41, 5.74) is 0. The van der Waals surface area contributed by atoms with Crippen LogP contribution in [0.4, 0.5) is 0 Å². The Kier molecular flexibility index (Phi) is 7.88. The third-order valence-corrected chi connectivity index (χ3v) is 1.46. The number of hydrogen-bond donors (Lipinski definition) is 4. The van der Waals surface area contributed by atoms with E-state index in [4.69, 9.17) is 19.5 Å². The van der Waals surface area contributed by atoms with Gasteiger partial charge in [-0.3, -0.25) is 4.58 Å². The standard InChI is InChI=1S/C3H12O5Si2.C3H8O/c1-9(2,3)7-8-10(4,5)6;1-3(2)4/h4-6H,1-3H3;3-4H,1-2H3. The van der Waals surface area contributed by atoms with E-state index in [1.807, 2.05) is 0 Å². The molecule has 0 aliphatic rings. The summed E-state index contributed by atoms with van der Waals surface area (Å²) in [5, 5.41) is 8.06. The minimum atomic E-state index is -4.45. The second-order valence-corrected chi connectivity index (χ2v) is 9.65. The maximum absolute atomic E-state index is 8.31. The third kappa shape index (κ3) is 29.5. The van der Waals surface area contributed by atoms with E-state index in [0.29, 0.717) is 0 Å². The molecule has 0 heterocycles. The molecule has 0 aromatic carbocycles. The van der Waals surface area contributed by atoms with Crippen LogP contribution in [0, 0.1) is 0 Å². The van der Waals surface area contributed by atoms with Crippen LogP contribution in [0.3, 0.4) is 0 Å². The second kappa shape index (κ2) is 6.64. The van der Waals surface area contributed by atoms with Crippen molar-refractivity contribution >= 4 is 17.4 Å². The molecule has 0 bridgehead atoms. The number of rotatable bonds is 3. The van der Waals surface area contributed by atoms with Crippen molar-refractivity contribution in [1.82, 2.24) is 0 Å². The minimum absolute atomic E-state index is 0.167. The van der Waals surface area contributed by atoms with Crippen molar-refractivity contribution in [3.05, 3.63) is 0 Å². The van der Waals surface area contributed by atoms with Crippen molar-refractivity contribution in [2.45, 2.75) is 39.6 Å². The van der Waals surface area contributed by atoms with Gasteiger partial charge < -0.3 is 19.5 Å². The van der Waals surface area contributed by atoms with Gasteiger partial charge >= 0.3 is 9.05 Å². The fourth-order valence-electron chi connectivity index (χ4n) is 0.181. The van der Waals surface area contributed by atoms with Crippen LogP contribution in [0.1, 0.15) is 13.8 Å². The molecule has 0 spiro atoms. The monoisotopic (exact) mass is 244 g/mol. The van der Waals surface area contributed by atoms with E-state index in [0.717, 1.165) is 0 Å². The van der Waals surface area contributed by atoms with Crippen LogP contribution in [0.25, 0.3) is 0 Å². The van der Waals surface area contributed by atoms with Crippen LogP contribution < -0.4 is 0 Å². The Hall–Kier alpha value is 0.194. The molecule has 0 aromatic rings. The molecule has 0 unspecified atom stereocenters. The topological polar surface area (TPSA) is 99.4 Å². The summed E-state index contributed by atoms with van der Waals surface area (Å²) in [5.74, 6) is 0. The maximum atomic E-state index is 8.31. The van der Waals surface area contributed by atoms with Crippen LogP contribution in [-0.4, -0.2) is 43.0 Å². The first-order chi connectivity index (χ1) is 5.94. The lowest BCUT2D eigenvalue weighted by molar-refractivity contribution is -0.187. The van der Waals surface area contributed by atoms with E-state index in [1.165, 1.54) is 0 Å². The molecule has 0 fully saturated rings. The Morgan fingerprint density at radius 3 is 1.29 bits per heavy atom. The summed E-state index contributed by atoms with van der Waals surface area (Å²) in [7, 11) is -6.39. The van der Waals surface area contributed by atoms with Gasteiger partial charge in [-0.15, -0.1) is 0 Å². The Morgan fingerprint density at radius 2 is 1.21 bits per heavy atom. The van der Waals surface area contributed by atoms with Crippen LogP contribution in [0.5, 0.6) is 0 Å². The number of hydrogen-bond acceptors (Lipinski definition) is 6. The Bertz CT molecular complexity index is 121. The summed E-state index contributed by atoms with van der Waals surface area (Å²) in [6.45, 7) is 8.80. The summed E-state index contributed by atoms with van der Waals surface area (Å²) in [4.78, 5) is 24.9. The zero-order valence-corrected chi connectivity index (χ0v) is 11.2. The predicted octanol–water partition coefficient (Wildman–Crippen LogP) is -0.431. The average molecular weight is 244 g/mol. The summed E-state index contributed by atoms with van der Waals surface area (Å²) >= 11 is 0. The van der Waals surface area contributed by atoms with Gasteiger partial charge in [0.25, 0.3) is 0 Å². The van der Waals surface area contributed by atoms with E-state index in [2.05, 4.69) is 9.15 Å². The summed E-state index contributed by atoms with van der Waals surface area (Å²) < 4.78 is 8.51. The van der Waals surface area contributed by atoms with Crippen molar-refractivity contribution < 1.29 is 28.6 Å². The molecule has 4 N–H and O–H groups in total. The van der Waals surface area contributed by atoms with Crippen molar-refractivity contribution in [3.63, 3.8) is 0 Å². The second-order valence-electron chi connectivity index (χ2n) is 3.95. The average Bonchev–Trinajstić information content (AvgIpc) is 1.79. The first kappa shape index (κ1) is 16.6. The lowest BCUT2D eigenvalue weighted by atomic mass is 10.5. The number of aliphatic hydroxyl groups excluding tert-OH is 1. The van der Waals surface area contributed by atoms with Gasteiger partial charge in [0.2, 0.25) is 8.32 Å². The maximum Gasteiger partial charge on any atom is 0.698 e. The Balaban J connectivity index is 0. The molecule has 0 amide bonds. The van der Waals surface area contributed by atoms with Gasteiger partial charge in [0.05, 0.1) is 0 Å². The minimum Gasteiger partial charge on any atom is -0.394 e. The molecule has 0 aliphatic heterocycles. The lowest BCUT2D eigenvalue weighted by Gasteiger charge is -2.17. The molecule has 88 valence electrons. The molecule has 0 atom stereocenters. The van der Waals surface area contributed by atoms with E-state index < -0.39 is 17.4 Å².